The molecule has 13 heavy (non-hydrogen) atoms. The molecule has 1 aromatic rings. The van der Waals surface area contributed by atoms with Crippen molar-refractivity contribution in [1.82, 2.24) is 9.72 Å². The molecular weight excluding hydrogens is 283 g/mol. The molecule has 0 N–H and O–H groups in total. The molecule has 0 bridgehead atoms. The van der Waals surface area contributed by atoms with Crippen molar-refractivity contribution >= 4 is 22.6 Å². The standard InChI is InChI=1S/C8H11IN2O2/c1-7-10-13-8(12)11(7)6-4-2-3-5-9/h2,4H,3,5-6H2,1H3/b4-2-. The lowest BCUT2D eigenvalue weighted by Gasteiger charge is -1.93. The smallest absolute Gasteiger partial charge is 0.296 e. The van der Waals surface area contributed by atoms with E-state index in [2.05, 4.69) is 32.3 Å². The lowest BCUT2D eigenvalue weighted by atomic mass is 10.4. The largest absolute Gasteiger partial charge is 0.441 e. The molecule has 1 rings (SSSR count). The van der Waals surface area contributed by atoms with Gasteiger partial charge in [-0.05, 0) is 13.3 Å². The first-order valence-electron chi connectivity index (χ1n) is 3.99. The van der Waals surface area contributed by atoms with Crippen LogP contribution in [0.1, 0.15) is 12.2 Å². The Kier molecular flexibility index (Phi) is 4.20. The molecule has 1 aromatic heterocycles. The summed E-state index contributed by atoms with van der Waals surface area (Å²) in [5.41, 5.74) is 0. The van der Waals surface area contributed by atoms with Crippen LogP contribution in [0, 0.1) is 6.92 Å². The number of halogens is 1. The van der Waals surface area contributed by atoms with Crippen molar-refractivity contribution in [3.05, 3.63) is 28.5 Å². The van der Waals surface area contributed by atoms with Gasteiger partial charge in [-0.15, -0.1) is 0 Å². The molecule has 0 radical (unpaired) electrons. The molecule has 1 heterocycles. The third kappa shape index (κ3) is 2.98. The maximum absolute atomic E-state index is 11.0. The third-order valence-electron chi connectivity index (χ3n) is 1.60. The first-order valence-corrected chi connectivity index (χ1v) is 5.52. The molecule has 0 aliphatic heterocycles. The van der Waals surface area contributed by atoms with Crippen LogP contribution in [0.3, 0.4) is 0 Å². The van der Waals surface area contributed by atoms with Gasteiger partial charge in [-0.2, -0.15) is 0 Å². The van der Waals surface area contributed by atoms with Gasteiger partial charge in [0.15, 0.2) is 5.82 Å². The van der Waals surface area contributed by atoms with E-state index in [1.54, 1.807) is 6.92 Å². The molecule has 5 heteroatoms. The zero-order valence-electron chi connectivity index (χ0n) is 7.36. The van der Waals surface area contributed by atoms with E-state index in [-0.39, 0.29) is 0 Å². The lowest BCUT2D eigenvalue weighted by Crippen LogP contribution is -2.14. The van der Waals surface area contributed by atoms with Crippen LogP contribution in [-0.4, -0.2) is 14.2 Å². The molecule has 0 aliphatic rings. The number of rotatable bonds is 4. The van der Waals surface area contributed by atoms with Crippen LogP contribution >= 0.6 is 22.6 Å². The van der Waals surface area contributed by atoms with Crippen molar-refractivity contribution in [2.24, 2.45) is 0 Å². The van der Waals surface area contributed by atoms with Gasteiger partial charge in [0, 0.05) is 11.0 Å². The predicted molar refractivity (Wildman–Crippen MR) is 58.1 cm³/mol. The molecule has 0 amide bonds. The van der Waals surface area contributed by atoms with Crippen molar-refractivity contribution in [2.75, 3.05) is 4.43 Å². The fourth-order valence-electron chi connectivity index (χ4n) is 0.903. The highest BCUT2D eigenvalue weighted by atomic mass is 127. The maximum atomic E-state index is 11.0. The van der Waals surface area contributed by atoms with Crippen LogP contribution in [0.25, 0.3) is 0 Å². The van der Waals surface area contributed by atoms with E-state index in [4.69, 9.17) is 0 Å². The summed E-state index contributed by atoms with van der Waals surface area (Å²) in [5.74, 6) is 0.223. The van der Waals surface area contributed by atoms with Gasteiger partial charge in [0.05, 0.1) is 0 Å². The molecule has 0 aliphatic carbocycles. The van der Waals surface area contributed by atoms with Crippen molar-refractivity contribution < 1.29 is 4.52 Å². The van der Waals surface area contributed by atoms with E-state index in [9.17, 15) is 4.79 Å². The Bertz CT molecular complexity index is 340. The Morgan fingerprint density at radius 3 is 2.92 bits per heavy atom. The minimum absolute atomic E-state index is 0.392. The van der Waals surface area contributed by atoms with Crippen molar-refractivity contribution in [3.8, 4) is 0 Å². The van der Waals surface area contributed by atoms with Gasteiger partial charge >= 0.3 is 5.76 Å². The molecule has 0 saturated carbocycles. The van der Waals surface area contributed by atoms with Crippen LogP contribution in [0.4, 0.5) is 0 Å². The van der Waals surface area contributed by atoms with Crippen molar-refractivity contribution in [3.63, 3.8) is 0 Å². The van der Waals surface area contributed by atoms with Crippen LogP contribution in [0.5, 0.6) is 0 Å². The monoisotopic (exact) mass is 294 g/mol. The van der Waals surface area contributed by atoms with Crippen molar-refractivity contribution in [1.29, 1.82) is 0 Å². The van der Waals surface area contributed by atoms with Crippen LogP contribution < -0.4 is 5.76 Å². The highest BCUT2D eigenvalue weighted by molar-refractivity contribution is 14.1. The van der Waals surface area contributed by atoms with E-state index in [1.165, 1.54) is 4.57 Å². The van der Waals surface area contributed by atoms with Gasteiger partial charge in [-0.3, -0.25) is 9.09 Å². The Morgan fingerprint density at radius 2 is 2.38 bits per heavy atom. The number of alkyl halides is 1. The average molecular weight is 294 g/mol. The summed E-state index contributed by atoms with van der Waals surface area (Å²) >= 11 is 2.30. The fraction of sp³-hybridized carbons (Fsp3) is 0.500. The Labute approximate surface area is 89.7 Å². The quantitative estimate of drug-likeness (QED) is 0.480. The summed E-state index contributed by atoms with van der Waals surface area (Å²) in [6.45, 7) is 2.29. The van der Waals surface area contributed by atoms with Gasteiger partial charge in [-0.25, -0.2) is 4.79 Å². The minimum Gasteiger partial charge on any atom is -0.296 e. The van der Waals surface area contributed by atoms with E-state index in [1.807, 2.05) is 12.2 Å². The summed E-state index contributed by atoms with van der Waals surface area (Å²) in [6.07, 6.45) is 5.02. The summed E-state index contributed by atoms with van der Waals surface area (Å²) in [5, 5.41) is 3.56. The number of allylic oxidation sites excluding steroid dienone is 2. The fourth-order valence-corrected chi connectivity index (χ4v) is 1.26. The van der Waals surface area contributed by atoms with Crippen molar-refractivity contribution in [2.45, 2.75) is 19.9 Å². The number of hydrogen-bond acceptors (Lipinski definition) is 3. The highest BCUT2D eigenvalue weighted by Crippen LogP contribution is 1.93. The van der Waals surface area contributed by atoms with E-state index in [0.29, 0.717) is 12.4 Å². The molecule has 0 fully saturated rings. The zero-order chi connectivity index (χ0) is 9.68. The highest BCUT2D eigenvalue weighted by Gasteiger charge is 2.02. The molecule has 0 unspecified atom stereocenters. The molecule has 72 valence electrons. The number of aryl methyl sites for hydroxylation is 1. The topological polar surface area (TPSA) is 48.0 Å². The Hall–Kier alpha value is -0.590. The summed E-state index contributed by atoms with van der Waals surface area (Å²) < 4.78 is 7.05. The second-order valence-corrected chi connectivity index (χ2v) is 3.63. The first-order chi connectivity index (χ1) is 6.25. The predicted octanol–water partition coefficient (Wildman–Crippen LogP) is 1.53. The summed E-state index contributed by atoms with van der Waals surface area (Å²) in [7, 11) is 0. The Morgan fingerprint density at radius 1 is 1.62 bits per heavy atom. The van der Waals surface area contributed by atoms with Gasteiger partial charge in [-0.1, -0.05) is 39.9 Å². The maximum Gasteiger partial charge on any atom is 0.441 e. The first kappa shape index (κ1) is 10.5. The summed E-state index contributed by atoms with van der Waals surface area (Å²) in [4.78, 5) is 11.0. The lowest BCUT2D eigenvalue weighted by molar-refractivity contribution is 0.376. The SMILES string of the molecule is Cc1noc(=O)n1C/C=C\CCI. The zero-order valence-corrected chi connectivity index (χ0v) is 9.52. The molecule has 0 aromatic carbocycles. The van der Waals surface area contributed by atoms with Crippen LogP contribution in [0.2, 0.25) is 0 Å². The van der Waals surface area contributed by atoms with Gasteiger partial charge in [0.2, 0.25) is 0 Å². The molecule has 0 spiro atoms. The second kappa shape index (κ2) is 5.21. The van der Waals surface area contributed by atoms with E-state index < -0.39 is 5.76 Å². The number of hydrogen-bond donors (Lipinski definition) is 0. The van der Waals surface area contributed by atoms with Crippen LogP contribution in [-0.2, 0) is 6.54 Å². The average Bonchev–Trinajstić information content (AvgIpc) is 2.42. The normalized spacial score (nSPS) is 11.2. The molecule has 0 saturated heterocycles. The van der Waals surface area contributed by atoms with Gasteiger partial charge in [0.1, 0.15) is 0 Å². The molecule has 4 nitrogen and oxygen atoms in total. The Balaban J connectivity index is 2.59. The van der Waals surface area contributed by atoms with Gasteiger partial charge in [0.25, 0.3) is 0 Å². The second-order valence-electron chi connectivity index (χ2n) is 2.56. The number of aromatic nitrogens is 2. The van der Waals surface area contributed by atoms with Crippen LogP contribution in [0.15, 0.2) is 21.5 Å². The van der Waals surface area contributed by atoms with E-state index >= 15 is 0 Å². The molecular formula is C8H11IN2O2. The number of nitrogens with zero attached hydrogens (tertiary/aromatic N) is 2. The summed E-state index contributed by atoms with van der Waals surface area (Å²) in [6, 6.07) is 0. The third-order valence-corrected chi connectivity index (χ3v) is 2.22. The van der Waals surface area contributed by atoms with E-state index in [0.717, 1.165) is 10.8 Å². The molecule has 0 atom stereocenters. The minimum atomic E-state index is -0.392. The van der Waals surface area contributed by atoms with Gasteiger partial charge < -0.3 is 0 Å².